The summed E-state index contributed by atoms with van der Waals surface area (Å²) in [6.45, 7) is 2.16. The zero-order valence-electron chi connectivity index (χ0n) is 10.9. The van der Waals surface area contributed by atoms with Crippen molar-refractivity contribution in [3.63, 3.8) is 0 Å². The number of carbonyl (C=O) groups excluding carboxylic acids is 1. The molecule has 106 valence electrons. The fraction of sp³-hybridized carbons (Fsp3) is 0.214. The van der Waals surface area contributed by atoms with Gasteiger partial charge in [0.15, 0.2) is 0 Å². The predicted octanol–water partition coefficient (Wildman–Crippen LogP) is 3.98. The van der Waals surface area contributed by atoms with Gasteiger partial charge in [0, 0.05) is 21.7 Å². The maximum Gasteiger partial charge on any atom is 0.257 e. The van der Waals surface area contributed by atoms with Gasteiger partial charge >= 0.3 is 0 Å². The topological polar surface area (TPSA) is 57.0 Å². The number of hydrogen-bond acceptors (Lipinski definition) is 4. The molecule has 2 heterocycles. The van der Waals surface area contributed by atoms with Crippen molar-refractivity contribution in [2.45, 2.75) is 19.5 Å². The number of nitrogens with zero attached hydrogens (tertiary/aromatic N) is 3. The van der Waals surface area contributed by atoms with E-state index >= 15 is 0 Å². The maximum absolute atomic E-state index is 12.6. The molecule has 0 saturated carbocycles. The number of nitriles is 1. The minimum absolute atomic E-state index is 0.275. The van der Waals surface area contributed by atoms with Gasteiger partial charge in [-0.05, 0) is 19.1 Å². The zero-order chi connectivity index (χ0) is 15.1. The molecule has 1 aromatic heterocycles. The third-order valence-electron chi connectivity index (χ3n) is 3.30. The predicted molar refractivity (Wildman–Crippen MR) is 81.5 cm³/mol. The number of aryl methyl sites for hydroxylation is 1. The van der Waals surface area contributed by atoms with E-state index in [0.717, 1.165) is 10.7 Å². The summed E-state index contributed by atoms with van der Waals surface area (Å²) in [5.41, 5.74) is 1.71. The highest BCUT2D eigenvalue weighted by atomic mass is 35.5. The molecular formula is C14H9Cl2N3OS. The second kappa shape index (κ2) is 5.30. The van der Waals surface area contributed by atoms with Crippen LogP contribution in [0.1, 0.15) is 32.7 Å². The van der Waals surface area contributed by atoms with Crippen LogP contribution in [0.25, 0.3) is 0 Å². The number of fused-ring (bicyclic) bond motifs is 1. The highest BCUT2D eigenvalue weighted by molar-refractivity contribution is 7.09. The van der Waals surface area contributed by atoms with Crippen LogP contribution in [0.15, 0.2) is 17.5 Å². The first-order chi connectivity index (χ1) is 10.0. The number of halogens is 2. The Morgan fingerprint density at radius 3 is 2.76 bits per heavy atom. The smallest absolute Gasteiger partial charge is 0.257 e. The molecule has 1 aliphatic rings. The molecule has 1 amide bonds. The molecule has 0 N–H and O–H groups in total. The molecule has 7 heteroatoms. The van der Waals surface area contributed by atoms with Gasteiger partial charge in [0.2, 0.25) is 0 Å². The number of carbonyl (C=O) groups is 1. The molecule has 0 radical (unpaired) electrons. The summed E-state index contributed by atoms with van der Waals surface area (Å²) in [5.74, 6) is -0.281. The molecule has 1 aromatic carbocycles. The quantitative estimate of drug-likeness (QED) is 0.832. The fourth-order valence-electron chi connectivity index (χ4n) is 2.39. The van der Waals surface area contributed by atoms with E-state index in [4.69, 9.17) is 23.2 Å². The first kappa shape index (κ1) is 14.3. The summed E-state index contributed by atoms with van der Waals surface area (Å²) >= 11 is 13.7. The summed E-state index contributed by atoms with van der Waals surface area (Å²) < 4.78 is 0. The zero-order valence-corrected chi connectivity index (χ0v) is 13.3. The average molecular weight is 338 g/mol. The Bertz CT molecular complexity index is 781. The van der Waals surface area contributed by atoms with Crippen molar-refractivity contribution in [2.75, 3.05) is 0 Å². The lowest BCUT2D eigenvalue weighted by molar-refractivity contribution is 0.0744. The minimum atomic E-state index is -0.733. The summed E-state index contributed by atoms with van der Waals surface area (Å²) in [6, 6.07) is 4.59. The number of benzene rings is 1. The van der Waals surface area contributed by atoms with Crippen molar-refractivity contribution in [2.24, 2.45) is 0 Å². The van der Waals surface area contributed by atoms with Gasteiger partial charge in [-0.3, -0.25) is 4.79 Å². The van der Waals surface area contributed by atoms with Crippen molar-refractivity contribution in [1.82, 2.24) is 9.88 Å². The molecule has 2 aromatic rings. The van der Waals surface area contributed by atoms with Gasteiger partial charge in [0.05, 0.1) is 23.2 Å². The Labute approximate surface area is 135 Å². The standard InChI is InChI=1S/C14H9Cl2N3OS/c1-7-6-21-11(18-7)5-19-10(4-17)12-8(15)2-3-9(16)13(12)14(19)20/h2-3,6,10H,5H2,1H3. The summed E-state index contributed by atoms with van der Waals surface area (Å²) in [7, 11) is 0. The first-order valence-electron chi connectivity index (χ1n) is 6.12. The summed E-state index contributed by atoms with van der Waals surface area (Å²) in [5, 5.41) is 12.8. The Morgan fingerprint density at radius 2 is 2.14 bits per heavy atom. The molecule has 0 bridgehead atoms. The van der Waals surface area contributed by atoms with Crippen LogP contribution in [-0.4, -0.2) is 15.8 Å². The molecule has 0 aliphatic carbocycles. The molecule has 0 spiro atoms. The Kier molecular flexibility index (Phi) is 3.62. The van der Waals surface area contributed by atoms with Crippen molar-refractivity contribution in [3.05, 3.63) is 49.4 Å². The average Bonchev–Trinajstić information content (AvgIpc) is 2.98. The molecular weight excluding hydrogens is 329 g/mol. The van der Waals surface area contributed by atoms with Gasteiger partial charge in [0.25, 0.3) is 5.91 Å². The third-order valence-corrected chi connectivity index (χ3v) is 4.89. The second-order valence-electron chi connectivity index (χ2n) is 4.67. The Morgan fingerprint density at radius 1 is 1.43 bits per heavy atom. The SMILES string of the molecule is Cc1csc(CN2C(=O)c3c(Cl)ccc(Cl)c3C2C#N)n1. The molecule has 1 unspecified atom stereocenters. The maximum atomic E-state index is 12.6. The van der Waals surface area contributed by atoms with Crippen LogP contribution in [0.3, 0.4) is 0 Å². The molecule has 1 atom stereocenters. The van der Waals surface area contributed by atoms with Crippen LogP contribution in [-0.2, 0) is 6.54 Å². The van der Waals surface area contributed by atoms with Crippen LogP contribution < -0.4 is 0 Å². The normalized spacial score (nSPS) is 17.0. The molecule has 3 rings (SSSR count). The number of thiazole rings is 1. The largest absolute Gasteiger partial charge is 0.312 e. The number of aromatic nitrogens is 1. The van der Waals surface area contributed by atoms with Gasteiger partial charge in [-0.1, -0.05) is 23.2 Å². The molecule has 4 nitrogen and oxygen atoms in total. The van der Waals surface area contributed by atoms with Crippen LogP contribution >= 0.6 is 34.5 Å². The van der Waals surface area contributed by atoms with E-state index in [1.807, 2.05) is 12.3 Å². The van der Waals surface area contributed by atoms with E-state index in [0.29, 0.717) is 21.2 Å². The lowest BCUT2D eigenvalue weighted by atomic mass is 10.1. The van der Waals surface area contributed by atoms with E-state index in [1.165, 1.54) is 16.2 Å². The lowest BCUT2D eigenvalue weighted by Gasteiger charge is -2.18. The monoisotopic (exact) mass is 337 g/mol. The highest BCUT2D eigenvalue weighted by Gasteiger charge is 2.40. The number of amides is 1. The van der Waals surface area contributed by atoms with Crippen molar-refractivity contribution in [1.29, 1.82) is 5.26 Å². The van der Waals surface area contributed by atoms with E-state index in [1.54, 1.807) is 12.1 Å². The second-order valence-corrected chi connectivity index (χ2v) is 6.42. The molecule has 0 fully saturated rings. The van der Waals surface area contributed by atoms with Crippen LogP contribution in [0, 0.1) is 18.3 Å². The van der Waals surface area contributed by atoms with Crippen LogP contribution in [0.4, 0.5) is 0 Å². The lowest BCUT2D eigenvalue weighted by Crippen LogP contribution is -2.26. The van der Waals surface area contributed by atoms with E-state index in [2.05, 4.69) is 11.1 Å². The van der Waals surface area contributed by atoms with E-state index in [-0.39, 0.29) is 12.5 Å². The third kappa shape index (κ3) is 2.30. The van der Waals surface area contributed by atoms with E-state index in [9.17, 15) is 10.1 Å². The molecule has 0 saturated heterocycles. The van der Waals surface area contributed by atoms with Crippen molar-refractivity contribution < 1.29 is 4.79 Å². The van der Waals surface area contributed by atoms with Gasteiger partial charge in [-0.25, -0.2) is 4.98 Å². The fourth-order valence-corrected chi connectivity index (χ4v) is 3.66. The molecule has 21 heavy (non-hydrogen) atoms. The van der Waals surface area contributed by atoms with Gasteiger partial charge in [-0.2, -0.15) is 5.26 Å². The van der Waals surface area contributed by atoms with Crippen LogP contribution in [0.2, 0.25) is 10.0 Å². The van der Waals surface area contributed by atoms with Gasteiger partial charge in [-0.15, -0.1) is 11.3 Å². The Balaban J connectivity index is 2.05. The minimum Gasteiger partial charge on any atom is -0.312 e. The van der Waals surface area contributed by atoms with Crippen molar-refractivity contribution >= 4 is 40.4 Å². The molecule has 1 aliphatic heterocycles. The van der Waals surface area contributed by atoms with Gasteiger partial charge < -0.3 is 4.90 Å². The number of rotatable bonds is 2. The van der Waals surface area contributed by atoms with Crippen molar-refractivity contribution in [3.8, 4) is 6.07 Å². The van der Waals surface area contributed by atoms with E-state index < -0.39 is 6.04 Å². The summed E-state index contributed by atoms with van der Waals surface area (Å²) in [4.78, 5) is 18.4. The summed E-state index contributed by atoms with van der Waals surface area (Å²) in [6.07, 6.45) is 0. The first-order valence-corrected chi connectivity index (χ1v) is 7.76. The highest BCUT2D eigenvalue weighted by Crippen LogP contribution is 2.42. The Hall–Kier alpha value is -1.61. The number of hydrogen-bond donors (Lipinski definition) is 0. The van der Waals surface area contributed by atoms with Crippen LogP contribution in [0.5, 0.6) is 0 Å². The van der Waals surface area contributed by atoms with Gasteiger partial charge in [0.1, 0.15) is 11.0 Å².